The molecule has 2 aliphatic heterocycles. The lowest BCUT2D eigenvalue weighted by molar-refractivity contribution is 0.0705. The Kier molecular flexibility index (Phi) is 5.51. The van der Waals surface area contributed by atoms with Crippen molar-refractivity contribution >= 4 is 23.2 Å². The number of benzene rings is 1. The van der Waals surface area contributed by atoms with Gasteiger partial charge in [-0.25, -0.2) is 9.97 Å². The van der Waals surface area contributed by atoms with Crippen molar-refractivity contribution in [1.82, 2.24) is 39.7 Å². The minimum Gasteiger partial charge on any atom is -0.383 e. The summed E-state index contributed by atoms with van der Waals surface area (Å²) in [5, 5.41) is 11.0. The molecular weight excluding hydrogens is 506 g/mol. The predicted molar refractivity (Wildman–Crippen MR) is 147 cm³/mol. The number of amides is 1. The van der Waals surface area contributed by atoms with Gasteiger partial charge in [-0.2, -0.15) is 14.7 Å². The van der Waals surface area contributed by atoms with Crippen LogP contribution in [-0.4, -0.2) is 57.4 Å². The smallest absolute Gasteiger partial charge is 0.295 e. The van der Waals surface area contributed by atoms with Gasteiger partial charge in [0.15, 0.2) is 11.4 Å². The molecule has 11 heteroatoms. The first kappa shape index (κ1) is 23.9. The fourth-order valence-corrected chi connectivity index (χ4v) is 5.91. The highest BCUT2D eigenvalue weighted by atomic mass is 16.2. The quantitative estimate of drug-likeness (QED) is 0.323. The van der Waals surface area contributed by atoms with Gasteiger partial charge >= 0.3 is 0 Å². The van der Waals surface area contributed by atoms with Gasteiger partial charge in [-0.3, -0.25) is 19.7 Å². The molecule has 1 saturated heterocycles. The largest absolute Gasteiger partial charge is 0.383 e. The molecule has 0 radical (unpaired) electrons. The number of nitrogens with two attached hydrogens (primary N) is 1. The third-order valence-corrected chi connectivity index (χ3v) is 7.74. The van der Waals surface area contributed by atoms with Crippen LogP contribution in [0.4, 0.5) is 5.82 Å². The summed E-state index contributed by atoms with van der Waals surface area (Å²) < 4.78 is 1.52. The van der Waals surface area contributed by atoms with E-state index < -0.39 is 0 Å². The zero-order valence-corrected chi connectivity index (χ0v) is 21.7. The molecule has 0 spiro atoms. The van der Waals surface area contributed by atoms with Crippen LogP contribution in [0.15, 0.2) is 73.0 Å². The predicted octanol–water partition coefficient (Wildman–Crippen LogP) is 4.04. The molecule has 11 nitrogen and oxygen atoms in total. The summed E-state index contributed by atoms with van der Waals surface area (Å²) in [6.45, 7) is 1.50. The number of pyridine rings is 1. The third-order valence-electron chi connectivity index (χ3n) is 7.74. The Morgan fingerprint density at radius 2 is 1.90 bits per heavy atom. The summed E-state index contributed by atoms with van der Waals surface area (Å²) >= 11 is 0. The minimum absolute atomic E-state index is 0.0653. The number of allylic oxidation sites excluding steroid dienone is 1. The molecule has 0 saturated carbocycles. The summed E-state index contributed by atoms with van der Waals surface area (Å²) in [5.41, 5.74) is 12.6. The van der Waals surface area contributed by atoms with Crippen molar-refractivity contribution < 1.29 is 9.59 Å². The maximum absolute atomic E-state index is 13.1. The van der Waals surface area contributed by atoms with E-state index in [1.54, 1.807) is 17.3 Å². The Bertz CT molecular complexity index is 1790. The second-order valence-electron chi connectivity index (χ2n) is 10.1. The number of ketones is 1. The van der Waals surface area contributed by atoms with Crippen molar-refractivity contribution in [3.8, 4) is 22.4 Å². The highest BCUT2D eigenvalue weighted by Crippen LogP contribution is 2.44. The van der Waals surface area contributed by atoms with Crippen molar-refractivity contribution in [2.75, 3.05) is 5.73 Å². The molecular formula is C29H25N9O2. The van der Waals surface area contributed by atoms with E-state index in [0.29, 0.717) is 29.7 Å². The topological polar surface area (TPSA) is 148 Å². The van der Waals surface area contributed by atoms with Crippen molar-refractivity contribution in [3.63, 3.8) is 0 Å². The molecule has 198 valence electrons. The Morgan fingerprint density at radius 3 is 2.60 bits per heavy atom. The normalized spacial score (nSPS) is 18.2. The molecule has 1 fully saturated rings. The minimum atomic E-state index is -0.205. The van der Waals surface area contributed by atoms with Gasteiger partial charge in [0, 0.05) is 40.5 Å². The lowest BCUT2D eigenvalue weighted by Crippen LogP contribution is -2.41. The SMILES string of the molecule is CC(=O)c1c([C@@H]2CC3=CC[C@@H](C2)N3C(=O)c2ncn[nH]2)nc2c(-c3ccc(-c4ccccc4)nc3)cnn2c1N. The van der Waals surface area contributed by atoms with Gasteiger partial charge in [0.1, 0.15) is 12.1 Å². The van der Waals surface area contributed by atoms with Gasteiger partial charge in [-0.1, -0.05) is 42.5 Å². The molecule has 1 amide bonds. The number of hydrogen-bond donors (Lipinski definition) is 2. The third kappa shape index (κ3) is 3.77. The number of carbonyl (C=O) groups is 2. The van der Waals surface area contributed by atoms with E-state index in [-0.39, 0.29) is 35.3 Å². The molecule has 2 bridgehead atoms. The van der Waals surface area contributed by atoms with Crippen LogP contribution in [-0.2, 0) is 0 Å². The molecule has 2 atom stereocenters. The number of aromatic amines is 1. The maximum Gasteiger partial charge on any atom is 0.295 e. The van der Waals surface area contributed by atoms with Crippen LogP contribution in [0.5, 0.6) is 0 Å². The van der Waals surface area contributed by atoms with Gasteiger partial charge in [0.2, 0.25) is 5.82 Å². The first-order chi connectivity index (χ1) is 19.5. The van der Waals surface area contributed by atoms with Gasteiger partial charge in [0.05, 0.1) is 23.1 Å². The van der Waals surface area contributed by atoms with Crippen LogP contribution in [0, 0.1) is 0 Å². The second-order valence-corrected chi connectivity index (χ2v) is 10.1. The average molecular weight is 532 g/mol. The number of fused-ring (bicyclic) bond motifs is 3. The number of nitrogen functional groups attached to an aromatic ring is 1. The first-order valence-corrected chi connectivity index (χ1v) is 13.1. The monoisotopic (exact) mass is 531 g/mol. The van der Waals surface area contributed by atoms with Crippen molar-refractivity contribution in [2.24, 2.45) is 0 Å². The van der Waals surface area contributed by atoms with Gasteiger partial charge < -0.3 is 10.6 Å². The van der Waals surface area contributed by atoms with E-state index in [1.165, 1.54) is 17.8 Å². The summed E-state index contributed by atoms with van der Waals surface area (Å²) in [7, 11) is 0. The molecule has 40 heavy (non-hydrogen) atoms. The summed E-state index contributed by atoms with van der Waals surface area (Å²) in [5.74, 6) is -0.00214. The van der Waals surface area contributed by atoms with E-state index in [0.717, 1.165) is 34.5 Å². The molecule has 6 heterocycles. The van der Waals surface area contributed by atoms with E-state index in [9.17, 15) is 9.59 Å². The number of carbonyl (C=O) groups excluding carboxylic acids is 2. The van der Waals surface area contributed by atoms with Crippen LogP contribution in [0.25, 0.3) is 28.0 Å². The van der Waals surface area contributed by atoms with E-state index >= 15 is 0 Å². The van der Waals surface area contributed by atoms with Crippen molar-refractivity contribution in [2.45, 2.75) is 38.1 Å². The fraction of sp³-hybridized carbons (Fsp3) is 0.207. The van der Waals surface area contributed by atoms with Crippen molar-refractivity contribution in [1.29, 1.82) is 0 Å². The van der Waals surface area contributed by atoms with Crippen LogP contribution in [0.3, 0.4) is 0 Å². The number of nitrogens with zero attached hydrogens (tertiary/aromatic N) is 7. The molecule has 4 aromatic heterocycles. The maximum atomic E-state index is 13.1. The van der Waals surface area contributed by atoms with Crippen LogP contribution in [0.2, 0.25) is 0 Å². The Balaban J connectivity index is 1.26. The Labute approximate surface area is 228 Å². The molecule has 5 aromatic rings. The summed E-state index contributed by atoms with van der Waals surface area (Å²) in [4.78, 5) is 41.5. The second kappa shape index (κ2) is 9.23. The number of anilines is 1. The average Bonchev–Trinajstić information content (AvgIpc) is 3.71. The highest BCUT2D eigenvalue weighted by Gasteiger charge is 2.41. The van der Waals surface area contributed by atoms with E-state index in [4.69, 9.17) is 10.7 Å². The van der Waals surface area contributed by atoms with E-state index in [2.05, 4.69) is 31.3 Å². The van der Waals surface area contributed by atoms with Gasteiger partial charge in [-0.15, -0.1) is 0 Å². The Morgan fingerprint density at radius 1 is 1.05 bits per heavy atom. The standard InChI is InChI=1S/C29H25N9O2/c1-16(39)24-25(19-11-20-8-9-21(12-19)37(20)29(40)27-32-15-33-36-27)35-28-22(14-34-38(28)26(24)30)18-7-10-23(31-13-18)17-5-3-2-4-6-17/h2-8,10,13-15,19,21H,9,11-12,30H2,1H3,(H,32,33,36)/t19-,21+/m1/s1. The molecule has 2 aliphatic rings. The molecule has 3 N–H and O–H groups in total. The molecule has 7 rings (SSSR count). The Hall–Kier alpha value is -5.19. The van der Waals surface area contributed by atoms with Crippen molar-refractivity contribution in [3.05, 3.63) is 90.0 Å². The summed E-state index contributed by atoms with van der Waals surface area (Å²) in [6.07, 6.45) is 8.83. The number of nitrogens with one attached hydrogen (secondary N) is 1. The van der Waals surface area contributed by atoms with Crippen LogP contribution in [0.1, 0.15) is 58.8 Å². The lowest BCUT2D eigenvalue weighted by atomic mass is 9.86. The van der Waals surface area contributed by atoms with Crippen LogP contribution < -0.4 is 5.73 Å². The number of H-pyrrole nitrogens is 1. The van der Waals surface area contributed by atoms with Gasteiger partial charge in [-0.05, 0) is 32.3 Å². The zero-order valence-electron chi connectivity index (χ0n) is 21.7. The molecule has 1 aromatic carbocycles. The number of aromatic nitrogens is 7. The summed E-state index contributed by atoms with van der Waals surface area (Å²) in [6, 6.07) is 13.9. The molecule has 0 aliphatic carbocycles. The zero-order chi connectivity index (χ0) is 27.4. The highest BCUT2D eigenvalue weighted by molar-refractivity contribution is 6.00. The number of rotatable bonds is 5. The number of piperidine rings is 1. The van der Waals surface area contributed by atoms with E-state index in [1.807, 2.05) is 42.5 Å². The first-order valence-electron chi connectivity index (χ1n) is 13.1. The fourth-order valence-electron chi connectivity index (χ4n) is 5.91. The van der Waals surface area contributed by atoms with Crippen LogP contribution >= 0.6 is 0 Å². The lowest BCUT2D eigenvalue weighted by Gasteiger charge is -2.36. The van der Waals surface area contributed by atoms with Gasteiger partial charge in [0.25, 0.3) is 5.91 Å². The number of Topliss-reactive ketones (excluding diaryl/α,β-unsaturated/α-hetero) is 1. The molecule has 0 unspecified atom stereocenters. The number of hydrogen-bond acceptors (Lipinski definition) is 8.